The topological polar surface area (TPSA) is 66.9 Å². The van der Waals surface area contributed by atoms with Crippen LogP contribution in [0.1, 0.15) is 35.1 Å². The van der Waals surface area contributed by atoms with E-state index in [1.165, 1.54) is 11.5 Å². The van der Waals surface area contributed by atoms with Crippen LogP contribution in [0.4, 0.5) is 0 Å². The molecule has 0 aliphatic carbocycles. The Kier molecular flexibility index (Phi) is 5.80. The molecule has 1 aromatic rings. The number of nitrogens with one attached hydrogen (secondary N) is 2. The lowest BCUT2D eigenvalue weighted by Crippen LogP contribution is -2.42. The number of carbonyl (C=O) groups excluding carboxylic acids is 1. The molecule has 1 aliphatic heterocycles. The summed E-state index contributed by atoms with van der Waals surface area (Å²) >= 11 is 1.18. The Morgan fingerprint density at radius 1 is 1.53 bits per heavy atom. The van der Waals surface area contributed by atoms with E-state index in [4.69, 9.17) is 0 Å². The van der Waals surface area contributed by atoms with Gasteiger partial charge in [0.25, 0.3) is 5.91 Å². The van der Waals surface area contributed by atoms with Gasteiger partial charge in [-0.25, -0.2) is 0 Å². The molecule has 0 aromatic carbocycles. The molecule has 1 fully saturated rings. The zero-order valence-electron chi connectivity index (χ0n) is 9.73. The van der Waals surface area contributed by atoms with Gasteiger partial charge in [-0.15, -0.1) is 17.5 Å². The van der Waals surface area contributed by atoms with Gasteiger partial charge >= 0.3 is 0 Å². The highest BCUT2D eigenvalue weighted by Gasteiger charge is 2.20. The first kappa shape index (κ1) is 14.3. The molecule has 2 N–H and O–H groups in total. The van der Waals surface area contributed by atoms with Crippen LogP contribution in [0.3, 0.4) is 0 Å². The normalized spacial score (nSPS) is 16.3. The second-order valence-electron chi connectivity index (χ2n) is 3.90. The van der Waals surface area contributed by atoms with E-state index in [1.807, 2.05) is 6.92 Å². The highest BCUT2D eigenvalue weighted by atomic mass is 35.5. The second-order valence-corrected chi connectivity index (χ2v) is 4.65. The molecule has 2 heterocycles. The van der Waals surface area contributed by atoms with Crippen LogP contribution in [-0.2, 0) is 6.42 Å². The molecular formula is C10H17ClN4OS. The van der Waals surface area contributed by atoms with E-state index >= 15 is 0 Å². The van der Waals surface area contributed by atoms with Crippen molar-refractivity contribution in [1.82, 2.24) is 20.2 Å². The van der Waals surface area contributed by atoms with Crippen LogP contribution in [0.2, 0.25) is 0 Å². The number of aryl methyl sites for hydroxylation is 1. The van der Waals surface area contributed by atoms with Crippen molar-refractivity contribution >= 4 is 29.8 Å². The first-order valence-electron chi connectivity index (χ1n) is 5.64. The fourth-order valence-electron chi connectivity index (χ4n) is 1.83. The van der Waals surface area contributed by atoms with Crippen LogP contribution < -0.4 is 10.6 Å². The van der Waals surface area contributed by atoms with Gasteiger partial charge in [-0.3, -0.25) is 4.79 Å². The lowest BCUT2D eigenvalue weighted by Gasteiger charge is -2.23. The molecule has 0 radical (unpaired) electrons. The monoisotopic (exact) mass is 276 g/mol. The molecule has 1 aromatic heterocycles. The highest BCUT2D eigenvalue weighted by Crippen LogP contribution is 2.12. The van der Waals surface area contributed by atoms with E-state index < -0.39 is 0 Å². The maximum Gasteiger partial charge on any atom is 0.265 e. The maximum absolute atomic E-state index is 12.0. The van der Waals surface area contributed by atoms with Crippen LogP contribution in [0, 0.1) is 0 Å². The highest BCUT2D eigenvalue weighted by molar-refractivity contribution is 7.08. The number of carbonyl (C=O) groups is 1. The largest absolute Gasteiger partial charge is 0.348 e. The summed E-state index contributed by atoms with van der Waals surface area (Å²) < 4.78 is 3.83. The average Bonchev–Trinajstić information content (AvgIpc) is 2.78. The number of rotatable bonds is 3. The zero-order chi connectivity index (χ0) is 11.4. The number of amides is 1. The summed E-state index contributed by atoms with van der Waals surface area (Å²) in [5.74, 6) is -0.0150. The molecule has 0 atom stereocenters. The summed E-state index contributed by atoms with van der Waals surface area (Å²) in [6.45, 7) is 3.94. The Bertz CT molecular complexity index is 365. The molecule has 1 saturated heterocycles. The first-order valence-corrected chi connectivity index (χ1v) is 6.41. The van der Waals surface area contributed by atoms with Crippen LogP contribution in [0.15, 0.2) is 0 Å². The standard InChI is InChI=1S/C10H16N4OS.ClH/c1-2-8-9(16-14-13-8)10(15)12-7-3-5-11-6-4-7;/h7,11H,2-6H2,1H3,(H,12,15);1H. The Morgan fingerprint density at radius 3 is 2.88 bits per heavy atom. The minimum atomic E-state index is -0.0150. The Balaban J connectivity index is 0.00000144. The predicted octanol–water partition coefficient (Wildman–Crippen LogP) is 1.00. The predicted molar refractivity (Wildman–Crippen MR) is 69.9 cm³/mol. The van der Waals surface area contributed by atoms with Crippen LogP contribution in [0.5, 0.6) is 0 Å². The lowest BCUT2D eigenvalue weighted by atomic mass is 10.1. The Morgan fingerprint density at radius 2 is 2.24 bits per heavy atom. The fraction of sp³-hybridized carbons (Fsp3) is 0.700. The van der Waals surface area contributed by atoms with Gasteiger partial charge in [0.2, 0.25) is 0 Å². The molecule has 7 heteroatoms. The van der Waals surface area contributed by atoms with Crippen molar-refractivity contribution in [2.24, 2.45) is 0 Å². The second kappa shape index (κ2) is 6.88. The van der Waals surface area contributed by atoms with Crippen LogP contribution in [0.25, 0.3) is 0 Å². The van der Waals surface area contributed by atoms with Crippen molar-refractivity contribution in [1.29, 1.82) is 0 Å². The Labute approximate surface area is 111 Å². The van der Waals surface area contributed by atoms with E-state index in [9.17, 15) is 4.79 Å². The number of hydrogen-bond acceptors (Lipinski definition) is 5. The van der Waals surface area contributed by atoms with Crippen molar-refractivity contribution in [2.45, 2.75) is 32.2 Å². The van der Waals surface area contributed by atoms with Crippen molar-refractivity contribution < 1.29 is 4.79 Å². The average molecular weight is 277 g/mol. The van der Waals surface area contributed by atoms with E-state index in [0.717, 1.165) is 38.0 Å². The van der Waals surface area contributed by atoms with Gasteiger partial charge in [-0.05, 0) is 43.9 Å². The lowest BCUT2D eigenvalue weighted by molar-refractivity contribution is 0.0932. The fourth-order valence-corrected chi connectivity index (χ4v) is 2.48. The molecule has 5 nitrogen and oxygen atoms in total. The molecule has 0 saturated carbocycles. The molecule has 1 aliphatic rings. The smallest absolute Gasteiger partial charge is 0.265 e. The van der Waals surface area contributed by atoms with Gasteiger partial charge in [0, 0.05) is 6.04 Å². The Hall–Kier alpha value is -0.720. The van der Waals surface area contributed by atoms with Gasteiger partial charge in [-0.2, -0.15) is 0 Å². The van der Waals surface area contributed by atoms with E-state index in [1.54, 1.807) is 0 Å². The van der Waals surface area contributed by atoms with Crippen molar-refractivity contribution in [3.05, 3.63) is 10.6 Å². The zero-order valence-corrected chi connectivity index (χ0v) is 11.4. The van der Waals surface area contributed by atoms with Gasteiger partial charge in [-0.1, -0.05) is 11.4 Å². The maximum atomic E-state index is 12.0. The number of piperidine rings is 1. The van der Waals surface area contributed by atoms with Crippen LogP contribution >= 0.6 is 23.9 Å². The van der Waals surface area contributed by atoms with Crippen molar-refractivity contribution in [3.63, 3.8) is 0 Å². The number of nitrogens with zero attached hydrogens (tertiary/aromatic N) is 2. The third-order valence-corrected chi connectivity index (χ3v) is 3.54. The molecule has 96 valence electrons. The van der Waals surface area contributed by atoms with Gasteiger partial charge in [0.05, 0.1) is 5.69 Å². The summed E-state index contributed by atoms with van der Waals surface area (Å²) in [6, 6.07) is 0.292. The number of halogens is 1. The summed E-state index contributed by atoms with van der Waals surface area (Å²) in [7, 11) is 0. The van der Waals surface area contributed by atoms with Crippen molar-refractivity contribution in [3.8, 4) is 0 Å². The van der Waals surface area contributed by atoms with Gasteiger partial charge in [0.15, 0.2) is 0 Å². The quantitative estimate of drug-likeness (QED) is 0.865. The molecule has 0 unspecified atom stereocenters. The first-order chi connectivity index (χ1) is 7.81. The summed E-state index contributed by atoms with van der Waals surface area (Å²) in [5.41, 5.74) is 0.802. The summed E-state index contributed by atoms with van der Waals surface area (Å²) in [4.78, 5) is 12.6. The summed E-state index contributed by atoms with van der Waals surface area (Å²) in [6.07, 6.45) is 2.75. The summed E-state index contributed by atoms with van der Waals surface area (Å²) in [5, 5.41) is 10.3. The van der Waals surface area contributed by atoms with Gasteiger partial charge in [0.1, 0.15) is 4.88 Å². The molecule has 17 heavy (non-hydrogen) atoms. The molecule has 2 rings (SSSR count). The van der Waals surface area contributed by atoms with E-state index in [2.05, 4.69) is 20.2 Å². The van der Waals surface area contributed by atoms with E-state index in [0.29, 0.717) is 10.9 Å². The van der Waals surface area contributed by atoms with Gasteiger partial charge < -0.3 is 10.6 Å². The number of aromatic nitrogens is 2. The molecule has 1 amide bonds. The molecular weight excluding hydrogens is 260 g/mol. The minimum Gasteiger partial charge on any atom is -0.348 e. The minimum absolute atomic E-state index is 0. The van der Waals surface area contributed by atoms with Crippen LogP contribution in [-0.4, -0.2) is 34.6 Å². The van der Waals surface area contributed by atoms with Crippen molar-refractivity contribution in [2.75, 3.05) is 13.1 Å². The molecule has 0 bridgehead atoms. The third-order valence-electron chi connectivity index (χ3n) is 2.77. The number of hydrogen-bond donors (Lipinski definition) is 2. The molecule has 0 spiro atoms. The SMILES string of the molecule is CCc1nnsc1C(=O)NC1CCNCC1.Cl. The third kappa shape index (κ3) is 3.62. The van der Waals surface area contributed by atoms with E-state index in [-0.39, 0.29) is 18.3 Å².